The fourth-order valence-corrected chi connectivity index (χ4v) is 3.88. The first-order chi connectivity index (χ1) is 8.84. The van der Waals surface area contributed by atoms with Gasteiger partial charge in [0.2, 0.25) is 5.91 Å². The maximum absolute atomic E-state index is 12.3. The molecular formula is C13H16BrNO3S. The van der Waals surface area contributed by atoms with E-state index in [1.165, 1.54) is 0 Å². The van der Waals surface area contributed by atoms with E-state index in [1.807, 2.05) is 0 Å². The number of anilines is 1. The van der Waals surface area contributed by atoms with Gasteiger partial charge >= 0.3 is 0 Å². The summed E-state index contributed by atoms with van der Waals surface area (Å²) in [5, 5.41) is -0.508. The van der Waals surface area contributed by atoms with Crippen molar-refractivity contribution in [1.82, 2.24) is 0 Å². The topological polar surface area (TPSA) is 54.5 Å². The zero-order chi connectivity index (χ0) is 14.2. The number of alkyl halides is 1. The van der Waals surface area contributed by atoms with Gasteiger partial charge in [0.25, 0.3) is 0 Å². The maximum Gasteiger partial charge on any atom is 0.228 e. The molecule has 19 heavy (non-hydrogen) atoms. The normalized spacial score (nSPS) is 20.3. The van der Waals surface area contributed by atoms with Gasteiger partial charge in [0.05, 0.1) is 15.8 Å². The summed E-state index contributed by atoms with van der Waals surface area (Å²) in [5.41, 5.74) is 0.489. The van der Waals surface area contributed by atoms with Crippen molar-refractivity contribution in [2.75, 3.05) is 11.4 Å². The van der Waals surface area contributed by atoms with E-state index in [0.29, 0.717) is 18.7 Å². The van der Waals surface area contributed by atoms with Crippen LogP contribution in [0.5, 0.6) is 0 Å². The van der Waals surface area contributed by atoms with Crippen LogP contribution in [0.2, 0.25) is 0 Å². The molecule has 0 saturated carbocycles. The van der Waals surface area contributed by atoms with Crippen LogP contribution in [-0.4, -0.2) is 30.9 Å². The molecular weight excluding hydrogens is 330 g/mol. The molecule has 1 unspecified atom stereocenters. The van der Waals surface area contributed by atoms with Crippen molar-refractivity contribution in [3.05, 3.63) is 24.3 Å². The second kappa shape index (κ2) is 5.25. The number of sulfone groups is 1. The number of carbonyl (C=O) groups is 1. The lowest BCUT2D eigenvalue weighted by Crippen LogP contribution is -2.27. The number of para-hydroxylation sites is 1. The number of nitrogens with zero attached hydrogens (tertiary/aromatic N) is 1. The average molecular weight is 346 g/mol. The van der Waals surface area contributed by atoms with Crippen molar-refractivity contribution in [2.45, 2.75) is 35.2 Å². The molecule has 0 spiro atoms. The Bertz CT molecular complexity index is 598. The predicted octanol–water partition coefficient (Wildman–Crippen LogP) is 2.37. The lowest BCUT2D eigenvalue weighted by molar-refractivity contribution is -0.117. The molecule has 1 amide bonds. The molecule has 1 aliphatic heterocycles. The van der Waals surface area contributed by atoms with Crippen LogP contribution >= 0.6 is 15.9 Å². The number of hydrogen-bond donors (Lipinski definition) is 0. The van der Waals surface area contributed by atoms with Gasteiger partial charge < -0.3 is 4.90 Å². The number of amides is 1. The molecule has 2 rings (SSSR count). The third-order valence-corrected chi connectivity index (χ3v) is 5.97. The number of rotatable bonds is 3. The van der Waals surface area contributed by atoms with Crippen molar-refractivity contribution in [3.8, 4) is 0 Å². The minimum atomic E-state index is -3.40. The largest absolute Gasteiger partial charge is 0.310 e. The highest BCUT2D eigenvalue weighted by molar-refractivity contribution is 9.09. The Kier molecular flexibility index (Phi) is 4.01. The molecule has 1 aliphatic rings. The Balaban J connectivity index is 2.52. The molecule has 0 N–H and O–H groups in total. The standard InChI is InChI=1S/C13H16BrNO3S/c1-9(2)19(17,18)12-6-4-3-5-11(12)15-8-10(14)7-13(15)16/h3-6,9-10H,7-8H2,1-2H3. The van der Waals surface area contributed by atoms with E-state index in [-0.39, 0.29) is 15.6 Å². The summed E-state index contributed by atoms with van der Waals surface area (Å²) in [7, 11) is -3.40. The minimum absolute atomic E-state index is 0.0479. The van der Waals surface area contributed by atoms with Gasteiger partial charge in [-0.25, -0.2) is 8.42 Å². The average Bonchev–Trinajstić information content (AvgIpc) is 2.68. The van der Waals surface area contributed by atoms with Crippen LogP contribution in [0, 0.1) is 0 Å². The molecule has 1 atom stereocenters. The van der Waals surface area contributed by atoms with Gasteiger partial charge in [-0.15, -0.1) is 0 Å². The van der Waals surface area contributed by atoms with Gasteiger partial charge in [0, 0.05) is 17.8 Å². The fraction of sp³-hybridized carbons (Fsp3) is 0.462. The van der Waals surface area contributed by atoms with Gasteiger partial charge in [-0.2, -0.15) is 0 Å². The molecule has 0 radical (unpaired) electrons. The second-order valence-electron chi connectivity index (χ2n) is 4.87. The van der Waals surface area contributed by atoms with Gasteiger partial charge in [-0.3, -0.25) is 4.79 Å². The van der Waals surface area contributed by atoms with Crippen LogP contribution in [0.1, 0.15) is 20.3 Å². The van der Waals surface area contributed by atoms with Crippen LogP contribution < -0.4 is 4.90 Å². The summed E-state index contributed by atoms with van der Waals surface area (Å²) >= 11 is 3.41. The van der Waals surface area contributed by atoms with E-state index in [9.17, 15) is 13.2 Å². The Labute approximate surface area is 121 Å². The lowest BCUT2D eigenvalue weighted by atomic mass is 10.3. The Morgan fingerprint density at radius 2 is 1.95 bits per heavy atom. The second-order valence-corrected chi connectivity index (χ2v) is 8.63. The molecule has 1 saturated heterocycles. The maximum atomic E-state index is 12.3. The highest BCUT2D eigenvalue weighted by atomic mass is 79.9. The summed E-state index contributed by atoms with van der Waals surface area (Å²) in [6.45, 7) is 3.79. The number of carbonyl (C=O) groups excluding carboxylic acids is 1. The molecule has 0 aliphatic carbocycles. The molecule has 1 aromatic carbocycles. The zero-order valence-corrected chi connectivity index (χ0v) is 13.2. The third kappa shape index (κ3) is 2.69. The Morgan fingerprint density at radius 1 is 1.32 bits per heavy atom. The lowest BCUT2D eigenvalue weighted by Gasteiger charge is -2.20. The van der Waals surface area contributed by atoms with Gasteiger partial charge in [0.1, 0.15) is 0 Å². The van der Waals surface area contributed by atoms with E-state index < -0.39 is 15.1 Å². The Morgan fingerprint density at radius 3 is 2.47 bits per heavy atom. The number of benzene rings is 1. The summed E-state index contributed by atoms with van der Waals surface area (Å²) in [4.78, 5) is 13.8. The molecule has 1 heterocycles. The van der Waals surface area contributed by atoms with Crippen molar-refractivity contribution in [1.29, 1.82) is 0 Å². The van der Waals surface area contributed by atoms with E-state index >= 15 is 0 Å². The van der Waals surface area contributed by atoms with Crippen LogP contribution in [0.3, 0.4) is 0 Å². The van der Waals surface area contributed by atoms with Crippen molar-refractivity contribution >= 4 is 37.4 Å². The van der Waals surface area contributed by atoms with Crippen molar-refractivity contribution in [3.63, 3.8) is 0 Å². The fourth-order valence-electron chi connectivity index (χ4n) is 2.07. The summed E-state index contributed by atoms with van der Waals surface area (Å²) in [5.74, 6) is -0.0479. The minimum Gasteiger partial charge on any atom is -0.310 e. The Hall–Kier alpha value is -0.880. The molecule has 104 valence electrons. The van der Waals surface area contributed by atoms with Crippen LogP contribution in [-0.2, 0) is 14.6 Å². The van der Waals surface area contributed by atoms with Gasteiger partial charge in [-0.1, -0.05) is 28.1 Å². The molecule has 0 aromatic heterocycles. The molecule has 4 nitrogen and oxygen atoms in total. The first-order valence-corrected chi connectivity index (χ1v) is 8.57. The summed E-state index contributed by atoms with van der Waals surface area (Å²) in [6.07, 6.45) is 0.399. The van der Waals surface area contributed by atoms with Crippen molar-refractivity contribution in [2.24, 2.45) is 0 Å². The molecule has 1 fully saturated rings. The van der Waals surface area contributed by atoms with Gasteiger partial charge in [0.15, 0.2) is 9.84 Å². The number of halogens is 1. The first kappa shape index (κ1) is 14.5. The van der Waals surface area contributed by atoms with Crippen LogP contribution in [0.15, 0.2) is 29.2 Å². The molecule has 1 aromatic rings. The molecule has 0 bridgehead atoms. The third-order valence-electron chi connectivity index (χ3n) is 3.16. The monoisotopic (exact) mass is 345 g/mol. The molecule has 6 heteroatoms. The summed E-state index contributed by atoms with van der Waals surface area (Å²) in [6, 6.07) is 6.70. The van der Waals surface area contributed by atoms with E-state index in [2.05, 4.69) is 15.9 Å². The van der Waals surface area contributed by atoms with Crippen molar-refractivity contribution < 1.29 is 13.2 Å². The quantitative estimate of drug-likeness (QED) is 0.790. The first-order valence-electron chi connectivity index (χ1n) is 6.11. The van der Waals surface area contributed by atoms with Gasteiger partial charge in [-0.05, 0) is 26.0 Å². The van der Waals surface area contributed by atoms with E-state index in [0.717, 1.165) is 0 Å². The van der Waals surface area contributed by atoms with E-state index in [4.69, 9.17) is 0 Å². The highest BCUT2D eigenvalue weighted by Gasteiger charge is 2.33. The summed E-state index contributed by atoms with van der Waals surface area (Å²) < 4.78 is 24.7. The SMILES string of the molecule is CC(C)S(=O)(=O)c1ccccc1N1CC(Br)CC1=O. The van der Waals surface area contributed by atoms with Crippen LogP contribution in [0.4, 0.5) is 5.69 Å². The van der Waals surface area contributed by atoms with E-state index in [1.54, 1.807) is 43.0 Å². The highest BCUT2D eigenvalue weighted by Crippen LogP contribution is 2.32. The van der Waals surface area contributed by atoms with Crippen LogP contribution in [0.25, 0.3) is 0 Å². The predicted molar refractivity (Wildman–Crippen MR) is 78.4 cm³/mol. The smallest absolute Gasteiger partial charge is 0.228 e. The zero-order valence-electron chi connectivity index (χ0n) is 10.8. The number of hydrogen-bond acceptors (Lipinski definition) is 3.